The molecule has 0 unspecified atom stereocenters. The zero-order valence-electron chi connectivity index (χ0n) is 18.0. The Kier molecular flexibility index (Phi) is 5.38. The summed E-state index contributed by atoms with van der Waals surface area (Å²) in [6.07, 6.45) is 6.64. The summed E-state index contributed by atoms with van der Waals surface area (Å²) in [6, 6.07) is 8.71. The van der Waals surface area contributed by atoms with Crippen LogP contribution in [0, 0.1) is 0 Å². The van der Waals surface area contributed by atoms with Crippen molar-refractivity contribution in [2.75, 3.05) is 0 Å². The fourth-order valence-electron chi connectivity index (χ4n) is 3.66. The summed E-state index contributed by atoms with van der Waals surface area (Å²) in [4.78, 5) is 29.2. The maximum Gasteiger partial charge on any atom is 0.348 e. The van der Waals surface area contributed by atoms with Crippen LogP contribution in [0.2, 0.25) is 10.0 Å². The molecule has 1 fully saturated rings. The molecule has 1 saturated heterocycles. The first-order chi connectivity index (χ1) is 16.2. The van der Waals surface area contributed by atoms with Crippen LogP contribution in [0.15, 0.2) is 54.5 Å². The molecule has 0 amide bonds. The molecule has 11 heteroatoms. The van der Waals surface area contributed by atoms with Crippen molar-refractivity contribution in [1.82, 2.24) is 24.5 Å². The Hall–Kier alpha value is -3.69. The number of carbonyl (C=O) groups is 2. The average Bonchev–Trinajstić information content (AvgIpc) is 3.35. The Balaban J connectivity index is 1.49. The van der Waals surface area contributed by atoms with Crippen molar-refractivity contribution in [2.45, 2.75) is 26.2 Å². The number of nitrogens with zero attached hydrogens (tertiary/aromatic N) is 5. The third kappa shape index (κ3) is 4.27. The molecule has 1 aliphatic rings. The van der Waals surface area contributed by atoms with Gasteiger partial charge in [0.1, 0.15) is 16.9 Å². The molecule has 5 rings (SSSR count). The lowest BCUT2D eigenvalue weighted by molar-refractivity contribution is -0.222. The molecule has 0 atom stereocenters. The SMILES string of the molecule is CC1(C)OC(=O)C(=Cc2cn(Cc3cn(-c4cc(Cl)cc(Cl)c4)nn3)c3ncccc23)C(=O)O1. The monoisotopic (exact) mass is 497 g/mol. The molecule has 34 heavy (non-hydrogen) atoms. The first kappa shape index (κ1) is 22.1. The largest absolute Gasteiger partial charge is 0.419 e. The summed E-state index contributed by atoms with van der Waals surface area (Å²) >= 11 is 12.2. The number of carbonyl (C=O) groups excluding carboxylic acids is 2. The number of pyridine rings is 1. The van der Waals surface area contributed by atoms with E-state index in [0.29, 0.717) is 39.2 Å². The predicted molar refractivity (Wildman–Crippen MR) is 124 cm³/mol. The van der Waals surface area contributed by atoms with Crippen molar-refractivity contribution in [1.29, 1.82) is 0 Å². The van der Waals surface area contributed by atoms with Gasteiger partial charge in [-0.25, -0.2) is 19.3 Å². The van der Waals surface area contributed by atoms with E-state index in [1.54, 1.807) is 47.5 Å². The lowest BCUT2D eigenvalue weighted by Gasteiger charge is -2.29. The van der Waals surface area contributed by atoms with Crippen LogP contribution in [0.5, 0.6) is 0 Å². The number of hydrogen-bond acceptors (Lipinski definition) is 7. The normalized spacial score (nSPS) is 15.4. The third-order valence-corrected chi connectivity index (χ3v) is 5.50. The van der Waals surface area contributed by atoms with Crippen molar-refractivity contribution in [3.05, 3.63) is 75.8 Å². The van der Waals surface area contributed by atoms with Gasteiger partial charge in [-0.15, -0.1) is 5.10 Å². The van der Waals surface area contributed by atoms with Gasteiger partial charge in [-0.3, -0.25) is 0 Å². The van der Waals surface area contributed by atoms with Gasteiger partial charge >= 0.3 is 11.9 Å². The van der Waals surface area contributed by atoms with Gasteiger partial charge in [-0.2, -0.15) is 0 Å². The number of ether oxygens (including phenoxy) is 2. The first-order valence-corrected chi connectivity index (χ1v) is 10.9. The van der Waals surface area contributed by atoms with E-state index < -0.39 is 17.7 Å². The number of cyclic esters (lactones) is 2. The molecule has 0 N–H and O–H groups in total. The van der Waals surface area contributed by atoms with Gasteiger partial charge in [0, 0.05) is 47.2 Å². The summed E-state index contributed by atoms with van der Waals surface area (Å²) < 4.78 is 13.8. The highest BCUT2D eigenvalue weighted by Crippen LogP contribution is 2.28. The number of halogens is 2. The summed E-state index contributed by atoms with van der Waals surface area (Å²) in [5.41, 5.74) is 2.39. The number of hydrogen-bond donors (Lipinski definition) is 0. The molecule has 1 aromatic carbocycles. The van der Waals surface area contributed by atoms with Crippen LogP contribution in [0.3, 0.4) is 0 Å². The van der Waals surface area contributed by atoms with Gasteiger partial charge in [-0.1, -0.05) is 28.4 Å². The number of aromatic nitrogens is 5. The molecule has 0 bridgehead atoms. The van der Waals surface area contributed by atoms with Crippen LogP contribution in [-0.4, -0.2) is 42.3 Å². The molecule has 172 valence electrons. The van der Waals surface area contributed by atoms with Gasteiger partial charge < -0.3 is 14.0 Å². The fourth-order valence-corrected chi connectivity index (χ4v) is 4.18. The zero-order chi connectivity index (χ0) is 24.0. The van der Waals surface area contributed by atoms with Crippen LogP contribution in [-0.2, 0) is 25.6 Å². The number of rotatable bonds is 4. The molecule has 1 aliphatic heterocycles. The highest BCUT2D eigenvalue weighted by molar-refractivity contribution is 6.34. The van der Waals surface area contributed by atoms with Gasteiger partial charge in [0.05, 0.1) is 18.4 Å². The van der Waals surface area contributed by atoms with Crippen LogP contribution in [0.4, 0.5) is 0 Å². The zero-order valence-corrected chi connectivity index (χ0v) is 19.5. The average molecular weight is 498 g/mol. The molecule has 3 aromatic heterocycles. The molecule has 0 saturated carbocycles. The Labute approximate surface area is 203 Å². The number of benzene rings is 1. The third-order valence-electron chi connectivity index (χ3n) is 5.07. The highest BCUT2D eigenvalue weighted by atomic mass is 35.5. The summed E-state index contributed by atoms with van der Waals surface area (Å²) in [6.45, 7) is 3.34. The van der Waals surface area contributed by atoms with E-state index in [1.165, 1.54) is 19.9 Å². The summed E-state index contributed by atoms with van der Waals surface area (Å²) in [7, 11) is 0. The van der Waals surface area contributed by atoms with Crippen LogP contribution >= 0.6 is 23.2 Å². The Bertz CT molecular complexity index is 1450. The second-order valence-electron chi connectivity index (χ2n) is 8.11. The lowest BCUT2D eigenvalue weighted by Crippen LogP contribution is -2.41. The Morgan fingerprint density at radius 3 is 2.47 bits per heavy atom. The van der Waals surface area contributed by atoms with E-state index in [4.69, 9.17) is 32.7 Å². The van der Waals surface area contributed by atoms with Crippen LogP contribution in [0.1, 0.15) is 25.1 Å². The number of fused-ring (bicyclic) bond motifs is 1. The van der Waals surface area contributed by atoms with E-state index >= 15 is 0 Å². The van der Waals surface area contributed by atoms with Crippen molar-refractivity contribution in [3.63, 3.8) is 0 Å². The Morgan fingerprint density at radius 1 is 1.06 bits per heavy atom. The van der Waals surface area contributed by atoms with Gasteiger partial charge in [0.15, 0.2) is 0 Å². The van der Waals surface area contributed by atoms with Crippen molar-refractivity contribution in [2.24, 2.45) is 0 Å². The maximum atomic E-state index is 12.4. The molecular formula is C23H17Cl2N5O4. The molecule has 0 radical (unpaired) electrons. The number of esters is 2. The second-order valence-corrected chi connectivity index (χ2v) is 8.98. The van der Waals surface area contributed by atoms with E-state index in [0.717, 1.165) is 5.39 Å². The molecule has 4 heterocycles. The van der Waals surface area contributed by atoms with E-state index in [9.17, 15) is 9.59 Å². The topological polar surface area (TPSA) is 101 Å². The quantitative estimate of drug-likeness (QED) is 0.236. The maximum absolute atomic E-state index is 12.4. The van der Waals surface area contributed by atoms with E-state index in [-0.39, 0.29) is 5.57 Å². The molecule has 4 aromatic rings. The smallest absolute Gasteiger partial charge is 0.348 e. The lowest BCUT2D eigenvalue weighted by atomic mass is 10.1. The first-order valence-electron chi connectivity index (χ1n) is 10.2. The fraction of sp³-hybridized carbons (Fsp3) is 0.174. The van der Waals surface area contributed by atoms with E-state index in [2.05, 4.69) is 15.3 Å². The summed E-state index contributed by atoms with van der Waals surface area (Å²) in [5.74, 6) is -2.79. The standard InChI is InChI=1S/C23H17Cl2N5O4/c1-23(2)33-21(31)19(22(32)34-23)6-13-10-29(20-18(13)4-3-5-26-20)11-16-12-30(28-27-16)17-8-14(24)7-15(25)9-17/h3-10,12H,11H2,1-2H3. The molecule has 0 aliphatic carbocycles. The summed E-state index contributed by atoms with van der Waals surface area (Å²) in [5, 5.41) is 10.1. The van der Waals surface area contributed by atoms with Gasteiger partial charge in [0.25, 0.3) is 5.79 Å². The Morgan fingerprint density at radius 2 is 1.76 bits per heavy atom. The van der Waals surface area contributed by atoms with Gasteiger partial charge in [-0.05, 0) is 36.4 Å². The predicted octanol–water partition coefficient (Wildman–Crippen LogP) is 4.19. The van der Waals surface area contributed by atoms with E-state index in [1.807, 2.05) is 10.6 Å². The van der Waals surface area contributed by atoms with Crippen molar-refractivity contribution < 1.29 is 19.1 Å². The van der Waals surface area contributed by atoms with Crippen LogP contribution < -0.4 is 0 Å². The van der Waals surface area contributed by atoms with Crippen LogP contribution in [0.25, 0.3) is 22.8 Å². The molecular weight excluding hydrogens is 481 g/mol. The minimum Gasteiger partial charge on any atom is -0.419 e. The minimum absolute atomic E-state index is 0.189. The minimum atomic E-state index is -1.31. The second kappa shape index (κ2) is 8.27. The molecule has 0 spiro atoms. The van der Waals surface area contributed by atoms with Gasteiger partial charge in [0.2, 0.25) is 0 Å². The van der Waals surface area contributed by atoms with Crippen molar-refractivity contribution >= 4 is 52.2 Å². The van der Waals surface area contributed by atoms with Crippen molar-refractivity contribution in [3.8, 4) is 5.69 Å². The highest BCUT2D eigenvalue weighted by Gasteiger charge is 2.39. The molecule has 9 nitrogen and oxygen atoms in total.